The van der Waals surface area contributed by atoms with E-state index in [-0.39, 0.29) is 5.60 Å². The van der Waals surface area contributed by atoms with Crippen LogP contribution >= 0.6 is 0 Å². The summed E-state index contributed by atoms with van der Waals surface area (Å²) in [7, 11) is 0. The zero-order valence-corrected chi connectivity index (χ0v) is 10.2. The van der Waals surface area contributed by atoms with Crippen LogP contribution in [0.4, 0.5) is 0 Å². The van der Waals surface area contributed by atoms with Crippen molar-refractivity contribution in [3.8, 4) is 5.75 Å². The number of hydrogen-bond donors (Lipinski definition) is 1. The van der Waals surface area contributed by atoms with Gasteiger partial charge in [0.15, 0.2) is 0 Å². The molecule has 0 amide bonds. The summed E-state index contributed by atoms with van der Waals surface area (Å²) < 4.78 is 5.65. The summed E-state index contributed by atoms with van der Waals surface area (Å²) in [6.07, 6.45) is 0. The average Bonchev–Trinajstić information content (AvgIpc) is 2.15. The van der Waals surface area contributed by atoms with E-state index in [0.29, 0.717) is 0 Å². The summed E-state index contributed by atoms with van der Waals surface area (Å²) in [5.74, 6) is -0.540. The SMILES string of the molecule is C[C@H](C(=O)O)c1ccc(OC(C)(C)C)cc1. The fourth-order valence-corrected chi connectivity index (χ4v) is 1.32. The maximum atomic E-state index is 10.8. The van der Waals surface area contributed by atoms with E-state index in [1.165, 1.54) is 0 Å². The lowest BCUT2D eigenvalue weighted by atomic mass is 10.0. The summed E-state index contributed by atoms with van der Waals surface area (Å²) in [4.78, 5) is 10.8. The highest BCUT2D eigenvalue weighted by Crippen LogP contribution is 2.22. The maximum Gasteiger partial charge on any atom is 0.310 e. The van der Waals surface area contributed by atoms with Gasteiger partial charge in [-0.25, -0.2) is 0 Å². The molecule has 3 nitrogen and oxygen atoms in total. The van der Waals surface area contributed by atoms with E-state index in [2.05, 4.69) is 0 Å². The molecule has 0 saturated carbocycles. The molecule has 16 heavy (non-hydrogen) atoms. The van der Waals surface area contributed by atoms with Crippen LogP contribution in [0.2, 0.25) is 0 Å². The van der Waals surface area contributed by atoms with Gasteiger partial charge in [-0.15, -0.1) is 0 Å². The Balaban J connectivity index is 2.79. The van der Waals surface area contributed by atoms with Crippen molar-refractivity contribution in [2.45, 2.75) is 39.2 Å². The van der Waals surface area contributed by atoms with Crippen LogP contribution in [0.15, 0.2) is 24.3 Å². The summed E-state index contributed by atoms with van der Waals surface area (Å²) >= 11 is 0. The lowest BCUT2D eigenvalue weighted by molar-refractivity contribution is -0.138. The molecule has 1 N–H and O–H groups in total. The van der Waals surface area contributed by atoms with Crippen molar-refractivity contribution in [3.63, 3.8) is 0 Å². The molecule has 0 bridgehead atoms. The number of rotatable bonds is 3. The predicted octanol–water partition coefficient (Wildman–Crippen LogP) is 3.05. The van der Waals surface area contributed by atoms with E-state index in [1.54, 1.807) is 31.2 Å². The first kappa shape index (κ1) is 12.6. The van der Waals surface area contributed by atoms with Crippen LogP contribution in [-0.2, 0) is 4.79 Å². The van der Waals surface area contributed by atoms with Gasteiger partial charge < -0.3 is 9.84 Å². The molecule has 1 rings (SSSR count). The number of carbonyl (C=O) groups is 1. The lowest BCUT2D eigenvalue weighted by Gasteiger charge is -2.21. The molecule has 0 spiro atoms. The molecule has 0 aliphatic rings. The van der Waals surface area contributed by atoms with Crippen LogP contribution in [0.5, 0.6) is 5.75 Å². The number of aliphatic carboxylic acids is 1. The minimum absolute atomic E-state index is 0.236. The van der Waals surface area contributed by atoms with E-state index in [9.17, 15) is 4.79 Å². The van der Waals surface area contributed by atoms with Crippen LogP contribution in [-0.4, -0.2) is 16.7 Å². The largest absolute Gasteiger partial charge is 0.488 e. The minimum atomic E-state index is -0.815. The van der Waals surface area contributed by atoms with Crippen molar-refractivity contribution < 1.29 is 14.6 Å². The van der Waals surface area contributed by atoms with Crippen LogP contribution < -0.4 is 4.74 Å². The van der Waals surface area contributed by atoms with Crippen molar-refractivity contribution >= 4 is 5.97 Å². The van der Waals surface area contributed by atoms with Crippen molar-refractivity contribution in [2.24, 2.45) is 0 Å². The highest BCUT2D eigenvalue weighted by molar-refractivity contribution is 5.75. The van der Waals surface area contributed by atoms with E-state index < -0.39 is 11.9 Å². The van der Waals surface area contributed by atoms with Crippen LogP contribution in [0.3, 0.4) is 0 Å². The fraction of sp³-hybridized carbons (Fsp3) is 0.462. The molecule has 3 heteroatoms. The Morgan fingerprint density at radius 2 is 1.75 bits per heavy atom. The molecule has 0 aromatic heterocycles. The molecular weight excluding hydrogens is 204 g/mol. The molecule has 1 aromatic carbocycles. The number of ether oxygens (including phenoxy) is 1. The Hall–Kier alpha value is -1.51. The lowest BCUT2D eigenvalue weighted by Crippen LogP contribution is -2.22. The third-order valence-corrected chi connectivity index (χ3v) is 2.17. The third kappa shape index (κ3) is 3.57. The van der Waals surface area contributed by atoms with Gasteiger partial charge in [0.2, 0.25) is 0 Å². The molecule has 1 atom stereocenters. The highest BCUT2D eigenvalue weighted by atomic mass is 16.5. The molecular formula is C13H18O3. The van der Waals surface area contributed by atoms with Gasteiger partial charge in [0.25, 0.3) is 0 Å². The maximum absolute atomic E-state index is 10.8. The van der Waals surface area contributed by atoms with Gasteiger partial charge in [0.05, 0.1) is 5.92 Å². The van der Waals surface area contributed by atoms with Crippen molar-refractivity contribution in [3.05, 3.63) is 29.8 Å². The molecule has 88 valence electrons. The second-order valence-electron chi connectivity index (χ2n) is 4.84. The average molecular weight is 222 g/mol. The van der Waals surface area contributed by atoms with E-state index in [0.717, 1.165) is 11.3 Å². The first-order valence-corrected chi connectivity index (χ1v) is 5.31. The van der Waals surface area contributed by atoms with E-state index >= 15 is 0 Å². The van der Waals surface area contributed by atoms with Crippen LogP contribution in [0.1, 0.15) is 39.2 Å². The van der Waals surface area contributed by atoms with Gasteiger partial charge in [-0.1, -0.05) is 12.1 Å². The Bertz CT molecular complexity index is 360. The second-order valence-corrected chi connectivity index (χ2v) is 4.84. The topological polar surface area (TPSA) is 46.5 Å². The molecule has 0 aliphatic carbocycles. The summed E-state index contributed by atoms with van der Waals surface area (Å²) in [6.45, 7) is 7.59. The molecule has 0 radical (unpaired) electrons. The smallest absolute Gasteiger partial charge is 0.310 e. The predicted molar refractivity (Wildman–Crippen MR) is 62.9 cm³/mol. The van der Waals surface area contributed by atoms with Gasteiger partial charge in [-0.3, -0.25) is 4.79 Å². The van der Waals surface area contributed by atoms with Crippen molar-refractivity contribution in [1.82, 2.24) is 0 Å². The number of benzene rings is 1. The van der Waals surface area contributed by atoms with Crippen molar-refractivity contribution in [2.75, 3.05) is 0 Å². The molecule has 0 aliphatic heterocycles. The van der Waals surface area contributed by atoms with E-state index in [1.807, 2.05) is 20.8 Å². The zero-order chi connectivity index (χ0) is 12.3. The van der Waals surface area contributed by atoms with Crippen LogP contribution in [0.25, 0.3) is 0 Å². The summed E-state index contributed by atoms with van der Waals surface area (Å²) in [5.41, 5.74) is 0.550. The first-order chi connectivity index (χ1) is 7.29. The zero-order valence-electron chi connectivity index (χ0n) is 10.2. The van der Waals surface area contributed by atoms with Gasteiger partial charge in [0.1, 0.15) is 11.4 Å². The molecule has 0 fully saturated rings. The Morgan fingerprint density at radius 3 is 2.12 bits per heavy atom. The third-order valence-electron chi connectivity index (χ3n) is 2.17. The molecule has 0 heterocycles. The summed E-state index contributed by atoms with van der Waals surface area (Å²) in [5, 5.41) is 8.86. The Kier molecular flexibility index (Phi) is 3.58. The Labute approximate surface area is 96.1 Å². The number of carboxylic acids is 1. The Morgan fingerprint density at radius 1 is 1.25 bits per heavy atom. The monoisotopic (exact) mass is 222 g/mol. The first-order valence-electron chi connectivity index (χ1n) is 5.31. The highest BCUT2D eigenvalue weighted by Gasteiger charge is 2.15. The van der Waals surface area contributed by atoms with Gasteiger partial charge in [-0.05, 0) is 45.4 Å². The fourth-order valence-electron chi connectivity index (χ4n) is 1.32. The normalized spacial score (nSPS) is 13.2. The second kappa shape index (κ2) is 4.56. The van der Waals surface area contributed by atoms with Gasteiger partial charge in [0, 0.05) is 0 Å². The quantitative estimate of drug-likeness (QED) is 0.855. The van der Waals surface area contributed by atoms with Crippen LogP contribution in [0, 0.1) is 0 Å². The number of hydrogen-bond acceptors (Lipinski definition) is 2. The number of carboxylic acid groups (broad SMARTS) is 1. The van der Waals surface area contributed by atoms with Gasteiger partial charge >= 0.3 is 5.97 Å². The van der Waals surface area contributed by atoms with E-state index in [4.69, 9.17) is 9.84 Å². The standard InChI is InChI=1S/C13H18O3/c1-9(12(14)15)10-5-7-11(8-6-10)16-13(2,3)4/h5-9H,1-4H3,(H,14,15)/t9-/m0/s1. The van der Waals surface area contributed by atoms with Gasteiger partial charge in [-0.2, -0.15) is 0 Å². The minimum Gasteiger partial charge on any atom is -0.488 e. The molecule has 0 unspecified atom stereocenters. The summed E-state index contributed by atoms with van der Waals surface area (Å²) in [6, 6.07) is 7.19. The molecule has 1 aromatic rings. The molecule has 0 saturated heterocycles. The van der Waals surface area contributed by atoms with Crippen molar-refractivity contribution in [1.29, 1.82) is 0 Å².